The molecule has 0 aliphatic rings. The van der Waals surface area contributed by atoms with E-state index in [2.05, 4.69) is 15.9 Å². The molecule has 21 heavy (non-hydrogen) atoms. The zero-order valence-electron chi connectivity index (χ0n) is 11.8. The van der Waals surface area contributed by atoms with E-state index in [0.29, 0.717) is 12.4 Å². The molecule has 2 unspecified atom stereocenters. The largest absolute Gasteiger partial charge is 0.494 e. The molecule has 0 heterocycles. The van der Waals surface area contributed by atoms with Gasteiger partial charge in [0.1, 0.15) is 5.75 Å². The molecule has 0 spiro atoms. The molecule has 0 aromatic heterocycles. The van der Waals surface area contributed by atoms with Gasteiger partial charge in [-0.05, 0) is 52.7 Å². The molecule has 0 fully saturated rings. The number of halogens is 1. The van der Waals surface area contributed by atoms with Gasteiger partial charge in [0.05, 0.1) is 22.3 Å². The number of hydrogen-bond acceptors (Lipinski definition) is 3. The minimum Gasteiger partial charge on any atom is -0.494 e. The summed E-state index contributed by atoms with van der Waals surface area (Å²) in [5, 5.41) is 0. The van der Waals surface area contributed by atoms with E-state index in [1.807, 2.05) is 55.5 Å². The monoisotopic (exact) mass is 367 g/mol. The summed E-state index contributed by atoms with van der Waals surface area (Å²) in [7, 11) is -1.14. The Morgan fingerprint density at radius 1 is 1.19 bits per heavy atom. The third-order valence-corrected chi connectivity index (χ3v) is 5.49. The van der Waals surface area contributed by atoms with Crippen LogP contribution in [0.3, 0.4) is 0 Å². The van der Waals surface area contributed by atoms with Crippen molar-refractivity contribution < 1.29 is 8.95 Å². The van der Waals surface area contributed by atoms with E-state index in [0.717, 1.165) is 20.7 Å². The van der Waals surface area contributed by atoms with Crippen LogP contribution in [0.15, 0.2) is 57.9 Å². The highest BCUT2D eigenvalue weighted by molar-refractivity contribution is 9.10. The fraction of sp³-hybridized carbons (Fsp3) is 0.250. The first-order valence-corrected chi connectivity index (χ1v) is 8.84. The summed E-state index contributed by atoms with van der Waals surface area (Å²) in [6, 6.07) is 14.9. The van der Waals surface area contributed by atoms with Crippen molar-refractivity contribution in [2.75, 3.05) is 12.4 Å². The second-order valence-electron chi connectivity index (χ2n) is 4.55. The SMILES string of the molecule is CCOc1ccc(C(N)CS(=O)c2ccccc2Br)cc1. The smallest absolute Gasteiger partial charge is 0.119 e. The Labute approximate surface area is 136 Å². The predicted molar refractivity (Wildman–Crippen MR) is 90.0 cm³/mol. The molecule has 112 valence electrons. The van der Waals surface area contributed by atoms with E-state index in [1.165, 1.54) is 0 Å². The maximum atomic E-state index is 12.4. The van der Waals surface area contributed by atoms with Gasteiger partial charge >= 0.3 is 0 Å². The molecular formula is C16H18BrNO2S. The maximum absolute atomic E-state index is 12.4. The molecule has 3 nitrogen and oxygen atoms in total. The normalized spacial score (nSPS) is 13.7. The van der Waals surface area contributed by atoms with Gasteiger partial charge in [-0.1, -0.05) is 24.3 Å². The van der Waals surface area contributed by atoms with Crippen molar-refractivity contribution in [3.63, 3.8) is 0 Å². The molecule has 2 N–H and O–H groups in total. The van der Waals surface area contributed by atoms with Crippen molar-refractivity contribution >= 4 is 26.7 Å². The summed E-state index contributed by atoms with van der Waals surface area (Å²) in [4.78, 5) is 0.777. The van der Waals surface area contributed by atoms with Crippen molar-refractivity contribution in [2.24, 2.45) is 5.73 Å². The topological polar surface area (TPSA) is 52.3 Å². The van der Waals surface area contributed by atoms with Crippen LogP contribution < -0.4 is 10.5 Å². The lowest BCUT2D eigenvalue weighted by atomic mass is 10.1. The minimum absolute atomic E-state index is 0.270. The van der Waals surface area contributed by atoms with Crippen LogP contribution in [-0.4, -0.2) is 16.6 Å². The van der Waals surface area contributed by atoms with Gasteiger partial charge in [-0.15, -0.1) is 0 Å². The van der Waals surface area contributed by atoms with Crippen molar-refractivity contribution in [2.45, 2.75) is 17.9 Å². The lowest BCUT2D eigenvalue weighted by Crippen LogP contribution is -2.18. The Morgan fingerprint density at radius 2 is 1.86 bits per heavy atom. The van der Waals surface area contributed by atoms with Crippen LogP contribution in [0.4, 0.5) is 0 Å². The number of hydrogen-bond donors (Lipinski definition) is 1. The van der Waals surface area contributed by atoms with Crippen molar-refractivity contribution in [1.29, 1.82) is 0 Å². The Kier molecular flexibility index (Phi) is 5.96. The standard InChI is InChI=1S/C16H18BrNO2S/c1-2-20-13-9-7-12(8-10-13)15(18)11-21(19)16-6-4-3-5-14(16)17/h3-10,15H,2,11,18H2,1H3. The molecule has 5 heteroatoms. The molecule has 0 aliphatic heterocycles. The average molecular weight is 368 g/mol. The van der Waals surface area contributed by atoms with Crippen LogP contribution in [0.2, 0.25) is 0 Å². The third kappa shape index (κ3) is 4.40. The molecule has 0 aliphatic carbocycles. The number of nitrogens with two attached hydrogens (primary N) is 1. The van der Waals surface area contributed by atoms with Crippen molar-refractivity contribution in [3.8, 4) is 5.75 Å². The fourth-order valence-corrected chi connectivity index (χ4v) is 4.00. The lowest BCUT2D eigenvalue weighted by molar-refractivity contribution is 0.340. The van der Waals surface area contributed by atoms with E-state index in [4.69, 9.17) is 10.5 Å². The van der Waals surface area contributed by atoms with Gasteiger partial charge in [0.25, 0.3) is 0 Å². The molecule has 0 saturated carbocycles. The molecular weight excluding hydrogens is 350 g/mol. The van der Waals surface area contributed by atoms with Crippen LogP contribution in [0, 0.1) is 0 Å². The number of benzene rings is 2. The summed E-state index contributed by atoms with van der Waals surface area (Å²) in [6.07, 6.45) is 0. The first kappa shape index (κ1) is 16.2. The zero-order valence-corrected chi connectivity index (χ0v) is 14.2. The van der Waals surface area contributed by atoms with Crippen LogP contribution in [-0.2, 0) is 10.8 Å². The molecule has 0 saturated heterocycles. The Bertz CT molecular complexity index is 616. The highest BCUT2D eigenvalue weighted by atomic mass is 79.9. The van der Waals surface area contributed by atoms with Crippen molar-refractivity contribution in [3.05, 3.63) is 58.6 Å². The lowest BCUT2D eigenvalue weighted by Gasteiger charge is -2.13. The van der Waals surface area contributed by atoms with Gasteiger partial charge < -0.3 is 10.5 Å². The second-order valence-corrected chi connectivity index (χ2v) is 6.87. The number of ether oxygens (including phenoxy) is 1. The Morgan fingerprint density at radius 3 is 2.48 bits per heavy atom. The second kappa shape index (κ2) is 7.73. The molecule has 2 rings (SSSR count). The average Bonchev–Trinajstić information content (AvgIpc) is 2.48. The molecule has 0 radical (unpaired) electrons. The molecule has 0 amide bonds. The molecule has 2 atom stereocenters. The van der Waals surface area contributed by atoms with E-state index in [1.54, 1.807) is 0 Å². The van der Waals surface area contributed by atoms with Gasteiger partial charge in [0.2, 0.25) is 0 Å². The Hall–Kier alpha value is -1.17. The number of rotatable bonds is 6. The quantitative estimate of drug-likeness (QED) is 0.847. The third-order valence-electron chi connectivity index (χ3n) is 3.03. The minimum atomic E-state index is -1.14. The molecule has 2 aromatic rings. The van der Waals surface area contributed by atoms with Crippen LogP contribution in [0.1, 0.15) is 18.5 Å². The highest BCUT2D eigenvalue weighted by Gasteiger charge is 2.14. The summed E-state index contributed by atoms with van der Waals surface area (Å²) < 4.78 is 18.6. The summed E-state index contributed by atoms with van der Waals surface area (Å²) in [5.41, 5.74) is 7.12. The van der Waals surface area contributed by atoms with E-state index >= 15 is 0 Å². The molecule has 2 aromatic carbocycles. The van der Waals surface area contributed by atoms with Gasteiger partial charge in [-0.25, -0.2) is 0 Å². The summed E-state index contributed by atoms with van der Waals surface area (Å²) in [6.45, 7) is 2.58. The van der Waals surface area contributed by atoms with Crippen LogP contribution in [0.5, 0.6) is 5.75 Å². The maximum Gasteiger partial charge on any atom is 0.119 e. The van der Waals surface area contributed by atoms with Gasteiger partial charge in [-0.3, -0.25) is 4.21 Å². The van der Waals surface area contributed by atoms with E-state index < -0.39 is 10.8 Å². The zero-order chi connectivity index (χ0) is 15.2. The summed E-state index contributed by atoms with van der Waals surface area (Å²) >= 11 is 3.42. The van der Waals surface area contributed by atoms with E-state index in [9.17, 15) is 4.21 Å². The van der Waals surface area contributed by atoms with Crippen LogP contribution in [0.25, 0.3) is 0 Å². The van der Waals surface area contributed by atoms with Gasteiger partial charge in [0, 0.05) is 16.3 Å². The Balaban J connectivity index is 2.05. The highest BCUT2D eigenvalue weighted by Crippen LogP contribution is 2.23. The van der Waals surface area contributed by atoms with Crippen molar-refractivity contribution in [1.82, 2.24) is 0 Å². The van der Waals surface area contributed by atoms with Gasteiger partial charge in [0.15, 0.2) is 0 Å². The first-order chi connectivity index (χ1) is 10.1. The van der Waals surface area contributed by atoms with Gasteiger partial charge in [-0.2, -0.15) is 0 Å². The summed E-state index contributed by atoms with van der Waals surface area (Å²) in [5.74, 6) is 1.21. The predicted octanol–water partition coefficient (Wildman–Crippen LogP) is 3.66. The first-order valence-electron chi connectivity index (χ1n) is 6.73. The van der Waals surface area contributed by atoms with Crippen LogP contribution >= 0.6 is 15.9 Å². The van der Waals surface area contributed by atoms with E-state index in [-0.39, 0.29) is 6.04 Å². The molecule has 0 bridgehead atoms. The fourth-order valence-electron chi connectivity index (χ4n) is 1.96.